The van der Waals surface area contributed by atoms with Gasteiger partial charge in [-0.1, -0.05) is 0 Å². The van der Waals surface area contributed by atoms with Crippen molar-refractivity contribution < 1.29 is 38.2 Å². The number of carbonyl (C=O) groups is 5. The smallest absolute Gasteiger partial charge is 0.407 e. The van der Waals surface area contributed by atoms with Crippen molar-refractivity contribution in [2.45, 2.75) is 84.8 Å². The van der Waals surface area contributed by atoms with Crippen LogP contribution in [0.15, 0.2) is 18.2 Å². The summed E-state index contributed by atoms with van der Waals surface area (Å²) in [6.45, 7) is 11.2. The number of alkyl carbamates (subject to hydrolysis) is 2. The molecule has 0 saturated heterocycles. The van der Waals surface area contributed by atoms with Gasteiger partial charge < -0.3 is 35.5 Å². The van der Waals surface area contributed by atoms with Crippen molar-refractivity contribution in [1.29, 1.82) is 0 Å². The highest BCUT2D eigenvalue weighted by atomic mass is 16.6. The minimum absolute atomic E-state index is 0.108. The fraction of sp³-hybridized carbons (Fsp3) is 0.593. The van der Waals surface area contributed by atoms with Crippen molar-refractivity contribution in [3.05, 3.63) is 23.8 Å². The van der Waals surface area contributed by atoms with Gasteiger partial charge in [-0.25, -0.2) is 14.4 Å². The van der Waals surface area contributed by atoms with Crippen LogP contribution in [0, 0.1) is 0 Å². The van der Waals surface area contributed by atoms with Crippen LogP contribution < -0.4 is 21.3 Å². The predicted octanol–water partition coefficient (Wildman–Crippen LogP) is 4.35. The van der Waals surface area contributed by atoms with Crippen molar-refractivity contribution in [3.8, 4) is 0 Å². The first-order valence-corrected chi connectivity index (χ1v) is 12.8. The van der Waals surface area contributed by atoms with E-state index in [1.807, 2.05) is 0 Å². The van der Waals surface area contributed by atoms with Gasteiger partial charge in [-0.3, -0.25) is 9.59 Å². The first-order chi connectivity index (χ1) is 18.1. The normalized spacial score (nSPS) is 11.2. The number of anilines is 2. The summed E-state index contributed by atoms with van der Waals surface area (Å²) >= 11 is 0. The number of methoxy groups -OCH3 is 1. The minimum Gasteiger partial charge on any atom is -0.465 e. The van der Waals surface area contributed by atoms with Gasteiger partial charge in [0.15, 0.2) is 0 Å². The molecule has 1 aromatic rings. The van der Waals surface area contributed by atoms with Crippen molar-refractivity contribution in [3.63, 3.8) is 0 Å². The van der Waals surface area contributed by atoms with Gasteiger partial charge in [0, 0.05) is 37.3 Å². The highest BCUT2D eigenvalue weighted by molar-refractivity contribution is 5.98. The zero-order valence-corrected chi connectivity index (χ0v) is 23.9. The molecular weight excluding hydrogens is 508 g/mol. The molecule has 0 aliphatic heterocycles. The lowest BCUT2D eigenvalue weighted by atomic mass is 10.1. The van der Waals surface area contributed by atoms with Gasteiger partial charge in [0.1, 0.15) is 11.2 Å². The number of benzene rings is 1. The summed E-state index contributed by atoms with van der Waals surface area (Å²) < 4.78 is 15.1. The molecule has 4 N–H and O–H groups in total. The molecular formula is C27H42N4O8. The van der Waals surface area contributed by atoms with Gasteiger partial charge in [0.25, 0.3) is 0 Å². The van der Waals surface area contributed by atoms with Crippen LogP contribution in [-0.2, 0) is 23.8 Å². The van der Waals surface area contributed by atoms with Crippen molar-refractivity contribution in [1.82, 2.24) is 10.6 Å². The van der Waals surface area contributed by atoms with E-state index < -0.39 is 29.4 Å². The maximum Gasteiger partial charge on any atom is 0.407 e. The van der Waals surface area contributed by atoms with E-state index in [9.17, 15) is 24.0 Å². The lowest BCUT2D eigenvalue weighted by Crippen LogP contribution is -2.33. The van der Waals surface area contributed by atoms with Crippen LogP contribution in [0.25, 0.3) is 0 Å². The Kier molecular flexibility index (Phi) is 13.2. The second-order valence-corrected chi connectivity index (χ2v) is 10.8. The van der Waals surface area contributed by atoms with E-state index in [1.54, 1.807) is 41.5 Å². The highest BCUT2D eigenvalue weighted by Crippen LogP contribution is 2.21. The molecule has 0 unspecified atom stereocenters. The van der Waals surface area contributed by atoms with E-state index in [-0.39, 0.29) is 36.8 Å². The fourth-order valence-electron chi connectivity index (χ4n) is 3.12. The average molecular weight is 551 g/mol. The van der Waals surface area contributed by atoms with Crippen LogP contribution in [0.3, 0.4) is 0 Å². The fourth-order valence-corrected chi connectivity index (χ4v) is 3.12. The topological polar surface area (TPSA) is 161 Å². The second kappa shape index (κ2) is 15.6. The van der Waals surface area contributed by atoms with Crippen LogP contribution >= 0.6 is 0 Å². The molecule has 0 aliphatic rings. The number of hydrogen-bond donors (Lipinski definition) is 4. The number of amides is 4. The summed E-state index contributed by atoms with van der Waals surface area (Å²) in [5.41, 5.74) is -0.423. The Bertz CT molecular complexity index is 1010. The number of esters is 1. The Labute approximate surface area is 229 Å². The summed E-state index contributed by atoms with van der Waals surface area (Å²) in [7, 11) is 1.23. The SMILES string of the molecule is COC(=O)c1cc(NC(=O)CCCCNC(=O)OC(C)(C)C)cc(NC(=O)CCCNC(=O)OC(C)(C)C)c1. The number of nitrogens with one attached hydrogen (secondary N) is 4. The lowest BCUT2D eigenvalue weighted by molar-refractivity contribution is -0.117. The number of unbranched alkanes of at least 4 members (excludes halogenated alkanes) is 1. The van der Waals surface area contributed by atoms with E-state index in [4.69, 9.17) is 14.2 Å². The monoisotopic (exact) mass is 550 g/mol. The summed E-state index contributed by atoms with van der Waals surface area (Å²) in [6, 6.07) is 4.43. The van der Waals surface area contributed by atoms with Gasteiger partial charge in [0.05, 0.1) is 12.7 Å². The molecule has 39 heavy (non-hydrogen) atoms. The minimum atomic E-state index is -0.628. The summed E-state index contributed by atoms with van der Waals surface area (Å²) in [6.07, 6.45) is 0.669. The molecule has 1 rings (SSSR count). The van der Waals surface area contributed by atoms with Crippen LogP contribution in [-0.4, -0.2) is 61.4 Å². The lowest BCUT2D eigenvalue weighted by Gasteiger charge is -2.19. The highest BCUT2D eigenvalue weighted by Gasteiger charge is 2.17. The summed E-state index contributed by atoms with van der Waals surface area (Å²) in [5.74, 6) is -1.26. The Morgan fingerprint density at radius 3 is 1.54 bits per heavy atom. The van der Waals surface area contributed by atoms with Crippen molar-refractivity contribution in [2.24, 2.45) is 0 Å². The summed E-state index contributed by atoms with van der Waals surface area (Å²) in [4.78, 5) is 60.3. The molecule has 4 amide bonds. The molecule has 0 aromatic heterocycles. The molecule has 12 nitrogen and oxygen atoms in total. The molecule has 12 heteroatoms. The molecule has 0 radical (unpaired) electrons. The van der Waals surface area contributed by atoms with E-state index in [0.717, 1.165) is 0 Å². The van der Waals surface area contributed by atoms with Gasteiger partial charge in [0.2, 0.25) is 11.8 Å². The van der Waals surface area contributed by atoms with Crippen molar-refractivity contribution >= 4 is 41.3 Å². The molecule has 0 fully saturated rings. The third kappa shape index (κ3) is 15.9. The van der Waals surface area contributed by atoms with E-state index in [0.29, 0.717) is 37.2 Å². The van der Waals surface area contributed by atoms with Crippen LogP contribution in [0.4, 0.5) is 21.0 Å². The van der Waals surface area contributed by atoms with Crippen LogP contribution in [0.5, 0.6) is 0 Å². The predicted molar refractivity (Wildman–Crippen MR) is 147 cm³/mol. The zero-order chi connectivity index (χ0) is 29.6. The maximum absolute atomic E-state index is 12.4. The average Bonchev–Trinajstić information content (AvgIpc) is 2.78. The Morgan fingerprint density at radius 1 is 0.667 bits per heavy atom. The molecule has 0 heterocycles. The maximum atomic E-state index is 12.4. The molecule has 1 aromatic carbocycles. The van der Waals surface area contributed by atoms with Gasteiger partial charge in [-0.05, 0) is 79.0 Å². The standard InChI is InChI=1S/C27H42N4O8/c1-26(2,3)38-24(35)28-13-9-8-11-21(32)30-19-15-18(23(34)37-7)16-20(17-19)31-22(33)12-10-14-29-25(36)39-27(4,5)6/h15-17H,8-14H2,1-7H3,(H,28,35)(H,29,36)(H,30,32)(H,31,33). The number of ether oxygens (including phenoxy) is 3. The largest absolute Gasteiger partial charge is 0.465 e. The molecule has 0 spiro atoms. The Morgan fingerprint density at radius 2 is 1.10 bits per heavy atom. The van der Waals surface area contributed by atoms with E-state index >= 15 is 0 Å². The second-order valence-electron chi connectivity index (χ2n) is 10.8. The van der Waals surface area contributed by atoms with E-state index in [1.165, 1.54) is 25.3 Å². The Balaban J connectivity index is 2.59. The third-order valence-electron chi connectivity index (χ3n) is 4.67. The molecule has 0 aliphatic carbocycles. The quantitative estimate of drug-likeness (QED) is 0.170. The first-order valence-electron chi connectivity index (χ1n) is 12.8. The summed E-state index contributed by atoms with van der Waals surface area (Å²) in [5, 5.41) is 10.6. The Hall–Kier alpha value is -3.83. The molecule has 0 atom stereocenters. The van der Waals surface area contributed by atoms with Gasteiger partial charge >= 0.3 is 18.2 Å². The number of rotatable bonds is 12. The van der Waals surface area contributed by atoms with Gasteiger partial charge in [-0.15, -0.1) is 0 Å². The zero-order valence-electron chi connectivity index (χ0n) is 23.9. The molecule has 0 bridgehead atoms. The van der Waals surface area contributed by atoms with Crippen molar-refractivity contribution in [2.75, 3.05) is 30.8 Å². The number of hydrogen-bond acceptors (Lipinski definition) is 8. The van der Waals surface area contributed by atoms with Crippen LogP contribution in [0.2, 0.25) is 0 Å². The molecule has 0 saturated carbocycles. The third-order valence-corrected chi connectivity index (χ3v) is 4.67. The van der Waals surface area contributed by atoms with E-state index in [2.05, 4.69) is 21.3 Å². The number of carbonyl (C=O) groups excluding carboxylic acids is 5. The molecule has 218 valence electrons. The first kappa shape index (κ1) is 33.2. The van der Waals surface area contributed by atoms with Crippen LogP contribution in [0.1, 0.15) is 84.0 Å². The van der Waals surface area contributed by atoms with Gasteiger partial charge in [-0.2, -0.15) is 0 Å².